The number of aromatic amines is 2. The zero-order valence-electron chi connectivity index (χ0n) is 15.5. The second-order valence-corrected chi connectivity index (χ2v) is 6.48. The van der Waals surface area contributed by atoms with E-state index in [4.69, 9.17) is 0 Å². The lowest BCUT2D eigenvalue weighted by atomic mass is 10.1. The average Bonchev–Trinajstić information content (AvgIpc) is 2.66. The third-order valence-electron chi connectivity index (χ3n) is 4.30. The highest BCUT2D eigenvalue weighted by atomic mass is 16.2. The van der Waals surface area contributed by atoms with Gasteiger partial charge < -0.3 is 10.6 Å². The van der Waals surface area contributed by atoms with E-state index in [2.05, 4.69) is 27.8 Å². The summed E-state index contributed by atoms with van der Waals surface area (Å²) in [7, 11) is 0. The van der Waals surface area contributed by atoms with Gasteiger partial charge in [0.2, 0.25) is 11.8 Å². The van der Waals surface area contributed by atoms with Crippen molar-refractivity contribution < 1.29 is 9.59 Å². The fourth-order valence-electron chi connectivity index (χ4n) is 2.86. The molecule has 0 atom stereocenters. The lowest BCUT2D eigenvalue weighted by Crippen LogP contribution is -2.33. The first-order valence-electron chi connectivity index (χ1n) is 9.33. The van der Waals surface area contributed by atoms with Crippen molar-refractivity contribution >= 4 is 28.3 Å². The van der Waals surface area contributed by atoms with Crippen LogP contribution in [0.25, 0.3) is 10.8 Å². The first-order valence-corrected chi connectivity index (χ1v) is 9.33. The molecule has 1 aromatic carbocycles. The number of fused-ring (bicyclic) bond motifs is 1. The van der Waals surface area contributed by atoms with Crippen molar-refractivity contribution in [1.82, 2.24) is 15.5 Å². The number of carbonyl (C=O) groups is 2. The molecule has 8 heteroatoms. The SMILES string of the molecule is CCCCCCCCC(=O)NCC(=O)Nc1cccc2c(=O)[nH][nH]c(=O)c12. The summed E-state index contributed by atoms with van der Waals surface area (Å²) in [6, 6.07) is 4.61. The van der Waals surface area contributed by atoms with Gasteiger partial charge in [-0.3, -0.25) is 29.4 Å². The molecule has 2 amide bonds. The Labute approximate surface area is 156 Å². The second-order valence-electron chi connectivity index (χ2n) is 6.48. The number of aromatic nitrogens is 2. The molecular formula is C19H26N4O4. The Bertz CT molecular complexity index is 900. The molecule has 2 aromatic rings. The molecule has 8 nitrogen and oxygen atoms in total. The van der Waals surface area contributed by atoms with Crippen LogP contribution in [0, 0.1) is 0 Å². The van der Waals surface area contributed by atoms with Crippen LogP contribution in [-0.4, -0.2) is 28.6 Å². The third kappa shape index (κ3) is 6.09. The Morgan fingerprint density at radius 1 is 0.926 bits per heavy atom. The van der Waals surface area contributed by atoms with Crippen LogP contribution in [0.2, 0.25) is 0 Å². The molecule has 0 spiro atoms. The molecule has 0 aliphatic heterocycles. The number of rotatable bonds is 10. The number of benzene rings is 1. The van der Waals surface area contributed by atoms with Gasteiger partial charge in [-0.15, -0.1) is 0 Å². The third-order valence-corrected chi connectivity index (χ3v) is 4.30. The normalized spacial score (nSPS) is 10.7. The van der Waals surface area contributed by atoms with E-state index in [-0.39, 0.29) is 28.9 Å². The van der Waals surface area contributed by atoms with E-state index in [1.165, 1.54) is 31.4 Å². The van der Waals surface area contributed by atoms with Gasteiger partial charge in [-0.25, -0.2) is 0 Å². The van der Waals surface area contributed by atoms with Crippen LogP contribution in [0.15, 0.2) is 27.8 Å². The van der Waals surface area contributed by atoms with E-state index >= 15 is 0 Å². The molecule has 0 aliphatic rings. The first kappa shape index (κ1) is 20.4. The molecule has 0 saturated carbocycles. The Kier molecular flexibility index (Phi) is 7.79. The maximum Gasteiger partial charge on any atom is 0.272 e. The fraction of sp³-hybridized carbons (Fsp3) is 0.474. The molecule has 27 heavy (non-hydrogen) atoms. The van der Waals surface area contributed by atoms with Gasteiger partial charge in [0.05, 0.1) is 23.0 Å². The van der Waals surface area contributed by atoms with Crippen LogP contribution >= 0.6 is 0 Å². The van der Waals surface area contributed by atoms with E-state index in [0.29, 0.717) is 6.42 Å². The Balaban J connectivity index is 1.84. The van der Waals surface area contributed by atoms with Crippen molar-refractivity contribution in [2.75, 3.05) is 11.9 Å². The van der Waals surface area contributed by atoms with E-state index in [0.717, 1.165) is 19.3 Å². The van der Waals surface area contributed by atoms with Crippen LogP contribution in [-0.2, 0) is 9.59 Å². The van der Waals surface area contributed by atoms with Gasteiger partial charge in [-0.2, -0.15) is 0 Å². The smallest absolute Gasteiger partial charge is 0.272 e. The van der Waals surface area contributed by atoms with Gasteiger partial charge in [0.15, 0.2) is 0 Å². The van der Waals surface area contributed by atoms with Crippen molar-refractivity contribution in [3.05, 3.63) is 38.9 Å². The average molecular weight is 374 g/mol. The van der Waals surface area contributed by atoms with Crippen molar-refractivity contribution in [2.24, 2.45) is 0 Å². The number of anilines is 1. The number of carbonyl (C=O) groups excluding carboxylic acids is 2. The van der Waals surface area contributed by atoms with Gasteiger partial charge in [-0.05, 0) is 18.6 Å². The van der Waals surface area contributed by atoms with E-state index in [1.807, 2.05) is 0 Å². The standard InChI is InChI=1S/C19H26N4O4/c1-2-3-4-5-6-7-11-15(24)20-12-16(25)21-14-10-8-9-13-17(14)19(27)23-22-18(13)26/h8-10H,2-7,11-12H2,1H3,(H,20,24)(H,21,25)(H,22,26)(H,23,27). The molecule has 1 aromatic heterocycles. The van der Waals surface area contributed by atoms with Crippen molar-refractivity contribution in [3.63, 3.8) is 0 Å². The molecule has 0 radical (unpaired) electrons. The molecule has 0 saturated heterocycles. The summed E-state index contributed by atoms with van der Waals surface area (Å²) in [5, 5.41) is 9.90. The highest BCUT2D eigenvalue weighted by molar-refractivity contribution is 6.02. The number of nitrogens with one attached hydrogen (secondary N) is 4. The summed E-state index contributed by atoms with van der Waals surface area (Å²) in [6.07, 6.45) is 6.92. The van der Waals surface area contributed by atoms with Crippen molar-refractivity contribution in [3.8, 4) is 0 Å². The summed E-state index contributed by atoms with van der Waals surface area (Å²) >= 11 is 0. The largest absolute Gasteiger partial charge is 0.347 e. The van der Waals surface area contributed by atoms with Gasteiger partial charge in [0.1, 0.15) is 0 Å². The van der Waals surface area contributed by atoms with E-state index in [1.54, 1.807) is 6.07 Å². The maximum atomic E-state index is 12.1. The Morgan fingerprint density at radius 2 is 1.63 bits per heavy atom. The number of hydrogen-bond donors (Lipinski definition) is 4. The van der Waals surface area contributed by atoms with Gasteiger partial charge in [0.25, 0.3) is 11.1 Å². The molecule has 0 fully saturated rings. The maximum absolute atomic E-state index is 12.1. The van der Waals surface area contributed by atoms with Crippen LogP contribution in [0.4, 0.5) is 5.69 Å². The number of hydrogen-bond acceptors (Lipinski definition) is 4. The predicted octanol–water partition coefficient (Wildman–Crippen LogP) is 2.02. The van der Waals surface area contributed by atoms with Crippen LogP contribution < -0.4 is 21.8 Å². The number of unbranched alkanes of at least 4 members (excludes halogenated alkanes) is 5. The van der Waals surface area contributed by atoms with Gasteiger partial charge >= 0.3 is 0 Å². The predicted molar refractivity (Wildman–Crippen MR) is 105 cm³/mol. The minimum atomic E-state index is -0.507. The minimum Gasteiger partial charge on any atom is -0.347 e. The Hall–Kier alpha value is -2.90. The van der Waals surface area contributed by atoms with Crippen LogP contribution in [0.3, 0.4) is 0 Å². The summed E-state index contributed by atoms with van der Waals surface area (Å²) < 4.78 is 0. The lowest BCUT2D eigenvalue weighted by Gasteiger charge is -2.09. The molecule has 0 unspecified atom stereocenters. The topological polar surface area (TPSA) is 124 Å². The summed E-state index contributed by atoms with van der Waals surface area (Å²) in [4.78, 5) is 47.6. The summed E-state index contributed by atoms with van der Waals surface area (Å²) in [5.74, 6) is -0.633. The highest BCUT2D eigenvalue weighted by Gasteiger charge is 2.11. The summed E-state index contributed by atoms with van der Waals surface area (Å²) in [6.45, 7) is 1.97. The van der Waals surface area contributed by atoms with Crippen molar-refractivity contribution in [1.29, 1.82) is 0 Å². The molecule has 1 heterocycles. The quantitative estimate of drug-likeness (QED) is 0.475. The number of H-pyrrole nitrogens is 2. The second kappa shape index (κ2) is 10.3. The van der Waals surface area contributed by atoms with E-state index < -0.39 is 17.0 Å². The fourth-order valence-corrected chi connectivity index (χ4v) is 2.86. The lowest BCUT2D eigenvalue weighted by molar-refractivity contribution is -0.124. The van der Waals surface area contributed by atoms with Crippen LogP contribution in [0.1, 0.15) is 51.9 Å². The van der Waals surface area contributed by atoms with E-state index in [9.17, 15) is 19.2 Å². The Morgan fingerprint density at radius 3 is 2.41 bits per heavy atom. The monoisotopic (exact) mass is 374 g/mol. The molecule has 0 bridgehead atoms. The van der Waals surface area contributed by atoms with Gasteiger partial charge in [0, 0.05) is 6.42 Å². The summed E-state index contributed by atoms with van der Waals surface area (Å²) in [5.41, 5.74) is -0.726. The minimum absolute atomic E-state index is 0.105. The first-order chi connectivity index (χ1) is 13.0. The van der Waals surface area contributed by atoms with Gasteiger partial charge in [-0.1, -0.05) is 45.1 Å². The zero-order valence-corrected chi connectivity index (χ0v) is 15.5. The molecule has 146 valence electrons. The molecule has 0 aliphatic carbocycles. The van der Waals surface area contributed by atoms with Crippen molar-refractivity contribution in [2.45, 2.75) is 51.9 Å². The molecule has 4 N–H and O–H groups in total. The molecule has 2 rings (SSSR count). The zero-order chi connectivity index (χ0) is 19.6. The highest BCUT2D eigenvalue weighted by Crippen LogP contribution is 2.16. The molecular weight excluding hydrogens is 348 g/mol. The van der Waals surface area contributed by atoms with Crippen LogP contribution in [0.5, 0.6) is 0 Å². The number of amides is 2.